The molecular weight excluding hydrogens is 494 g/mol. The van der Waals surface area contributed by atoms with Gasteiger partial charge in [0.15, 0.2) is 46.5 Å². The number of esters is 2. The van der Waals surface area contributed by atoms with Gasteiger partial charge in [0.2, 0.25) is 11.6 Å². The van der Waals surface area contributed by atoms with Crippen molar-refractivity contribution in [2.75, 3.05) is 13.2 Å². The minimum atomic E-state index is -2.48. The second-order valence-corrected chi connectivity index (χ2v) is 5.87. The fraction of sp³-hybridized carbons (Fsp3) is 0.300. The molecule has 34 heavy (non-hydrogen) atoms. The van der Waals surface area contributed by atoms with E-state index in [0.29, 0.717) is 0 Å². The zero-order chi connectivity index (χ0) is 26.3. The maximum Gasteiger partial charge on any atom is 0.344 e. The predicted octanol–water partition coefficient (Wildman–Crippen LogP) is 5.90. The monoisotopic (exact) mass is 508 g/mol. The van der Waals surface area contributed by atoms with Gasteiger partial charge in [-0.2, -0.15) is 0 Å². The minimum absolute atomic E-state index is 0.258. The lowest BCUT2D eigenvalue weighted by molar-refractivity contribution is 0.0417. The smallest absolute Gasteiger partial charge is 0.344 e. The van der Waals surface area contributed by atoms with Gasteiger partial charge in [-0.15, -0.1) is 0 Å². The Balaban J connectivity index is 0.00000281. The first kappa shape index (κ1) is 28.7. The van der Waals surface area contributed by atoms with Crippen molar-refractivity contribution in [2.45, 2.75) is 26.7 Å². The molecule has 0 aliphatic carbocycles. The summed E-state index contributed by atoms with van der Waals surface area (Å²) >= 11 is 0. The molecule has 0 spiro atoms. The molecule has 0 aliphatic heterocycles. The fourth-order valence-electron chi connectivity index (χ4n) is 2.25. The Bertz CT molecular complexity index is 944. The number of benzene rings is 2. The fourth-order valence-corrected chi connectivity index (χ4v) is 2.25. The van der Waals surface area contributed by atoms with Crippen LogP contribution in [0.5, 0.6) is 0 Å². The summed E-state index contributed by atoms with van der Waals surface area (Å²) in [6, 6.07) is 0. The van der Waals surface area contributed by atoms with E-state index in [0.717, 1.165) is 0 Å². The average Bonchev–Trinajstić information content (AvgIpc) is 2.82. The van der Waals surface area contributed by atoms with Crippen molar-refractivity contribution in [2.24, 2.45) is 0 Å². The van der Waals surface area contributed by atoms with E-state index in [2.05, 4.69) is 9.47 Å². The minimum Gasteiger partial charge on any atom is -0.462 e. The zero-order valence-electron chi connectivity index (χ0n) is 17.2. The molecule has 0 unspecified atom stereocenters. The molecule has 188 valence electrons. The third kappa shape index (κ3) is 5.78. The first-order valence-corrected chi connectivity index (χ1v) is 9.28. The molecule has 0 atom stereocenters. The van der Waals surface area contributed by atoms with Crippen LogP contribution in [0.1, 0.15) is 47.4 Å². The van der Waals surface area contributed by atoms with E-state index >= 15 is 0 Å². The maximum atomic E-state index is 13.5. The Morgan fingerprint density at radius 1 is 0.471 bits per heavy atom. The highest BCUT2D eigenvalue weighted by molar-refractivity contribution is 5.90. The van der Waals surface area contributed by atoms with Gasteiger partial charge >= 0.3 is 11.9 Å². The van der Waals surface area contributed by atoms with Gasteiger partial charge in [0.25, 0.3) is 0 Å². The van der Waals surface area contributed by atoms with Crippen LogP contribution in [0.25, 0.3) is 0 Å². The van der Waals surface area contributed by atoms with Crippen molar-refractivity contribution in [3.05, 3.63) is 69.3 Å². The molecule has 0 saturated heterocycles. The van der Waals surface area contributed by atoms with Crippen LogP contribution in [0.4, 0.5) is 43.9 Å². The van der Waals surface area contributed by atoms with Crippen LogP contribution >= 0.6 is 0 Å². The number of hydrogen-bond donors (Lipinski definition) is 0. The van der Waals surface area contributed by atoms with Crippen LogP contribution in [0.15, 0.2) is 0 Å². The molecule has 0 heterocycles. The van der Waals surface area contributed by atoms with Gasteiger partial charge in [0.05, 0.1) is 13.2 Å². The van der Waals surface area contributed by atoms with Crippen molar-refractivity contribution in [3.63, 3.8) is 0 Å². The van der Waals surface area contributed by atoms with E-state index in [9.17, 15) is 53.5 Å². The Morgan fingerprint density at radius 3 is 0.912 bits per heavy atom. The Hall–Kier alpha value is -3.32. The number of carbonyl (C=O) groups is 2. The third-order valence-electron chi connectivity index (χ3n) is 3.83. The summed E-state index contributed by atoms with van der Waals surface area (Å²) < 4.78 is 141. The maximum absolute atomic E-state index is 13.5. The number of rotatable bonds is 7. The SMILES string of the molecule is CC.O=C(OCCCCOC(=O)c1c(F)c(F)c(F)c(F)c1F)c1c(F)c(F)c(F)c(F)c1F. The molecule has 0 radical (unpaired) electrons. The summed E-state index contributed by atoms with van der Waals surface area (Å²) in [7, 11) is 0. The molecule has 0 bridgehead atoms. The molecular formula is C20H14F10O4. The molecule has 2 rings (SSSR count). The number of hydrogen-bond acceptors (Lipinski definition) is 4. The van der Waals surface area contributed by atoms with Crippen LogP contribution in [0, 0.1) is 58.2 Å². The topological polar surface area (TPSA) is 52.6 Å². The number of unbranched alkanes of at least 4 members (excludes halogenated alkanes) is 1. The van der Waals surface area contributed by atoms with Gasteiger partial charge < -0.3 is 9.47 Å². The van der Waals surface area contributed by atoms with Crippen LogP contribution < -0.4 is 0 Å². The largest absolute Gasteiger partial charge is 0.462 e. The highest BCUT2D eigenvalue weighted by atomic mass is 19.2. The van der Waals surface area contributed by atoms with Gasteiger partial charge in [-0.05, 0) is 12.8 Å². The first-order valence-electron chi connectivity index (χ1n) is 9.28. The second-order valence-electron chi connectivity index (χ2n) is 5.87. The first-order chi connectivity index (χ1) is 15.9. The van der Waals surface area contributed by atoms with Crippen molar-refractivity contribution in [1.82, 2.24) is 0 Å². The van der Waals surface area contributed by atoms with Crippen LogP contribution in [-0.4, -0.2) is 25.2 Å². The molecule has 2 aromatic carbocycles. The van der Waals surface area contributed by atoms with E-state index in [1.807, 2.05) is 13.8 Å². The molecule has 0 aromatic heterocycles. The highest BCUT2D eigenvalue weighted by Gasteiger charge is 2.31. The predicted molar refractivity (Wildman–Crippen MR) is 93.6 cm³/mol. The summed E-state index contributed by atoms with van der Waals surface area (Å²) in [5.74, 6) is -27.9. The van der Waals surface area contributed by atoms with Gasteiger partial charge in [-0.25, -0.2) is 53.5 Å². The van der Waals surface area contributed by atoms with E-state index in [1.54, 1.807) is 0 Å². The molecule has 0 fully saturated rings. The van der Waals surface area contributed by atoms with Crippen LogP contribution in [0.3, 0.4) is 0 Å². The third-order valence-corrected chi connectivity index (χ3v) is 3.83. The van der Waals surface area contributed by atoms with Crippen molar-refractivity contribution >= 4 is 11.9 Å². The zero-order valence-corrected chi connectivity index (χ0v) is 17.2. The lowest BCUT2D eigenvalue weighted by atomic mass is 10.1. The molecule has 4 nitrogen and oxygen atoms in total. The summed E-state index contributed by atoms with van der Waals surface area (Å²) in [6.45, 7) is 2.64. The van der Waals surface area contributed by atoms with Crippen LogP contribution in [0.2, 0.25) is 0 Å². The summed E-state index contributed by atoms with van der Waals surface area (Å²) in [5, 5.41) is 0. The number of carbonyl (C=O) groups excluding carboxylic acids is 2. The molecule has 2 aromatic rings. The Labute approximate surface area is 185 Å². The molecule has 14 heteroatoms. The molecule has 0 saturated carbocycles. The molecule has 0 amide bonds. The normalized spacial score (nSPS) is 10.5. The van der Waals surface area contributed by atoms with Gasteiger partial charge in [0, 0.05) is 0 Å². The lowest BCUT2D eigenvalue weighted by Crippen LogP contribution is -2.17. The van der Waals surface area contributed by atoms with Crippen molar-refractivity contribution in [3.8, 4) is 0 Å². The number of ether oxygens (including phenoxy) is 2. The molecule has 0 aliphatic rings. The van der Waals surface area contributed by atoms with E-state index in [1.165, 1.54) is 0 Å². The summed E-state index contributed by atoms with van der Waals surface area (Å²) in [5.41, 5.74) is -3.67. The second kappa shape index (κ2) is 12.2. The van der Waals surface area contributed by atoms with E-state index in [-0.39, 0.29) is 12.8 Å². The number of halogens is 10. The van der Waals surface area contributed by atoms with E-state index in [4.69, 9.17) is 0 Å². The van der Waals surface area contributed by atoms with Crippen molar-refractivity contribution in [1.29, 1.82) is 0 Å². The Kier molecular flexibility index (Phi) is 10.3. The Morgan fingerprint density at radius 2 is 0.676 bits per heavy atom. The van der Waals surface area contributed by atoms with Gasteiger partial charge in [-0.3, -0.25) is 0 Å². The van der Waals surface area contributed by atoms with Crippen LogP contribution in [-0.2, 0) is 9.47 Å². The van der Waals surface area contributed by atoms with Crippen molar-refractivity contribution < 1.29 is 63.0 Å². The standard InChI is InChI=1S/C18H8F10O4.C2H6/c19-7-5(8(20)12(24)15(27)11(7)23)17(29)31-3-1-2-4-32-18(30)6-9(21)13(25)16(28)14(26)10(6)22;1-2/h1-4H2;1-2H3. The highest BCUT2D eigenvalue weighted by Crippen LogP contribution is 2.25. The average molecular weight is 508 g/mol. The molecule has 0 N–H and O–H groups in total. The van der Waals surface area contributed by atoms with Gasteiger partial charge in [-0.1, -0.05) is 13.8 Å². The van der Waals surface area contributed by atoms with E-state index < -0.39 is 94.5 Å². The summed E-state index contributed by atoms with van der Waals surface area (Å²) in [4.78, 5) is 23.1. The lowest BCUT2D eigenvalue weighted by Gasteiger charge is -2.10. The summed E-state index contributed by atoms with van der Waals surface area (Å²) in [6.07, 6.45) is -0.517. The van der Waals surface area contributed by atoms with Gasteiger partial charge in [0.1, 0.15) is 11.1 Å². The quantitative estimate of drug-likeness (QED) is 0.154.